The molecule has 1 atom stereocenters. The fraction of sp³-hybridized carbons (Fsp3) is 0.308. The molecule has 0 bridgehead atoms. The summed E-state index contributed by atoms with van der Waals surface area (Å²) in [6.45, 7) is 1.45. The number of amides is 1. The molecule has 2 aliphatic rings. The molecule has 1 amide bonds. The first-order chi connectivity index (χ1) is 17.2. The van der Waals surface area contributed by atoms with Gasteiger partial charge in [-0.2, -0.15) is 0 Å². The highest BCUT2D eigenvalue weighted by atomic mass is 79.9. The highest BCUT2D eigenvalue weighted by Gasteiger charge is 2.34. The van der Waals surface area contributed by atoms with Crippen LogP contribution in [0.3, 0.4) is 0 Å². The highest BCUT2D eigenvalue weighted by Crippen LogP contribution is 2.35. The number of benzene rings is 2. The average Bonchev–Trinajstić information content (AvgIpc) is 2.89. The van der Waals surface area contributed by atoms with Crippen LogP contribution in [0.5, 0.6) is 11.5 Å². The number of carbonyl (C=O) groups is 1. The molecule has 36 heavy (non-hydrogen) atoms. The van der Waals surface area contributed by atoms with Crippen molar-refractivity contribution in [3.63, 3.8) is 0 Å². The number of aromatic hydroxyl groups is 1. The lowest BCUT2D eigenvalue weighted by molar-refractivity contribution is -0.148. The number of ether oxygens (including phenoxy) is 2. The molecule has 1 unspecified atom stereocenters. The minimum Gasteiger partial charge on any atom is -0.505 e. The van der Waals surface area contributed by atoms with Gasteiger partial charge in [0.1, 0.15) is 16.1 Å². The maximum absolute atomic E-state index is 12.8. The van der Waals surface area contributed by atoms with Gasteiger partial charge in [-0.25, -0.2) is 13.4 Å². The summed E-state index contributed by atoms with van der Waals surface area (Å²) in [6.07, 6.45) is 2.22. The molecule has 3 aromatic rings. The Morgan fingerprint density at radius 3 is 2.44 bits per heavy atom. The molecule has 1 saturated heterocycles. The van der Waals surface area contributed by atoms with Gasteiger partial charge < -0.3 is 19.5 Å². The smallest absolute Gasteiger partial charge is 0.276 e. The largest absolute Gasteiger partial charge is 0.505 e. The molecule has 2 aromatic carbocycles. The first-order valence-electron chi connectivity index (χ1n) is 11.6. The van der Waals surface area contributed by atoms with Crippen LogP contribution in [0.15, 0.2) is 64.1 Å². The number of hydrogen-bond donors (Lipinski definition) is 1. The molecule has 8 nitrogen and oxygen atoms in total. The van der Waals surface area contributed by atoms with Crippen LogP contribution in [0.4, 0.5) is 0 Å². The van der Waals surface area contributed by atoms with Crippen molar-refractivity contribution in [2.24, 2.45) is 5.92 Å². The number of pyridine rings is 1. The van der Waals surface area contributed by atoms with Crippen LogP contribution in [0.1, 0.15) is 28.9 Å². The molecule has 1 N–H and O–H groups in total. The van der Waals surface area contributed by atoms with E-state index < -0.39 is 16.1 Å². The molecular weight excluding hydrogens is 548 g/mol. The predicted molar refractivity (Wildman–Crippen MR) is 136 cm³/mol. The standard InChI is InChI=1S/C26H25BrN2O6S/c1-36(32,33)20-5-2-16(3-6-20)18-4-8-22-19(14-18)15-34-26(35-22)17-10-12-29(13-11-17)25(31)24-21(30)7-9-23(27)28-24/h2-9,14,17,26,30H,10-13,15H2,1H3. The maximum Gasteiger partial charge on any atom is 0.276 e. The summed E-state index contributed by atoms with van der Waals surface area (Å²) in [6, 6.07) is 15.7. The molecule has 2 aliphatic heterocycles. The van der Waals surface area contributed by atoms with E-state index in [0.29, 0.717) is 37.1 Å². The lowest BCUT2D eigenvalue weighted by atomic mass is 9.95. The zero-order valence-corrected chi connectivity index (χ0v) is 22.0. The number of halogens is 1. The van der Waals surface area contributed by atoms with Gasteiger partial charge in [-0.05, 0) is 76.3 Å². The van der Waals surface area contributed by atoms with Gasteiger partial charge in [0, 0.05) is 30.8 Å². The number of nitrogens with zero attached hydrogens (tertiary/aromatic N) is 2. The molecule has 0 aliphatic carbocycles. The molecule has 0 saturated carbocycles. The number of piperidine rings is 1. The van der Waals surface area contributed by atoms with E-state index in [1.165, 1.54) is 12.3 Å². The van der Waals surface area contributed by atoms with Gasteiger partial charge in [0.2, 0.25) is 6.29 Å². The molecular formula is C26H25BrN2O6S. The lowest BCUT2D eigenvalue weighted by Crippen LogP contribution is -2.44. The Kier molecular flexibility index (Phi) is 6.76. The Balaban J connectivity index is 1.22. The SMILES string of the molecule is CS(=O)(=O)c1ccc(-c2ccc3c(c2)COC(C2CCN(C(=O)c4nc(Br)ccc4O)CC2)O3)cc1. The van der Waals surface area contributed by atoms with Gasteiger partial charge in [-0.1, -0.05) is 18.2 Å². The molecule has 3 heterocycles. The maximum atomic E-state index is 12.8. The summed E-state index contributed by atoms with van der Waals surface area (Å²) in [5, 5.41) is 10.0. The second-order valence-corrected chi connectivity index (χ2v) is 11.9. The summed E-state index contributed by atoms with van der Waals surface area (Å²) in [7, 11) is -3.24. The van der Waals surface area contributed by atoms with Gasteiger partial charge in [-0.15, -0.1) is 0 Å². The molecule has 5 rings (SSSR count). The molecule has 0 spiro atoms. The van der Waals surface area contributed by atoms with Crippen LogP contribution in [0, 0.1) is 5.92 Å². The number of sulfone groups is 1. The Morgan fingerprint density at radius 2 is 1.75 bits per heavy atom. The quantitative estimate of drug-likeness (QED) is 0.461. The Hall–Kier alpha value is -2.95. The minimum atomic E-state index is -3.24. The van der Waals surface area contributed by atoms with Crippen molar-refractivity contribution in [3.05, 3.63) is 70.5 Å². The topological polar surface area (TPSA) is 106 Å². The first-order valence-corrected chi connectivity index (χ1v) is 14.2. The van der Waals surface area contributed by atoms with Crippen LogP contribution < -0.4 is 4.74 Å². The summed E-state index contributed by atoms with van der Waals surface area (Å²) >= 11 is 3.24. The Morgan fingerprint density at radius 1 is 1.06 bits per heavy atom. The van der Waals surface area contributed by atoms with Crippen LogP contribution in [0.25, 0.3) is 11.1 Å². The van der Waals surface area contributed by atoms with E-state index in [4.69, 9.17) is 9.47 Å². The number of rotatable bonds is 4. The molecule has 1 aromatic heterocycles. The lowest BCUT2D eigenvalue weighted by Gasteiger charge is -2.37. The first kappa shape index (κ1) is 24.7. The number of likely N-dealkylation sites (tertiary alicyclic amines) is 1. The molecule has 0 radical (unpaired) electrons. The predicted octanol–water partition coefficient (Wildman–Crippen LogP) is 4.41. The monoisotopic (exact) mass is 572 g/mol. The summed E-state index contributed by atoms with van der Waals surface area (Å²) < 4.78 is 36.1. The van der Waals surface area contributed by atoms with Crippen LogP contribution in [-0.2, 0) is 21.2 Å². The van der Waals surface area contributed by atoms with Crippen LogP contribution in [-0.4, -0.2) is 55.0 Å². The fourth-order valence-electron chi connectivity index (χ4n) is 4.55. The minimum absolute atomic E-state index is 0.0451. The van der Waals surface area contributed by atoms with E-state index >= 15 is 0 Å². The number of fused-ring (bicyclic) bond motifs is 1. The zero-order chi connectivity index (χ0) is 25.4. The molecule has 1 fully saturated rings. The van der Waals surface area contributed by atoms with Crippen molar-refractivity contribution in [1.29, 1.82) is 0 Å². The molecule has 10 heteroatoms. The number of hydrogen-bond acceptors (Lipinski definition) is 7. The third-order valence-corrected chi connectivity index (χ3v) is 8.15. The molecule has 188 valence electrons. The zero-order valence-electron chi connectivity index (χ0n) is 19.6. The van der Waals surface area contributed by atoms with Gasteiger partial charge in [0.05, 0.1) is 11.5 Å². The normalized spacial score (nSPS) is 18.4. The summed E-state index contributed by atoms with van der Waals surface area (Å²) in [5.74, 6) is 0.478. The van der Waals surface area contributed by atoms with Crippen LogP contribution >= 0.6 is 15.9 Å². The van der Waals surface area contributed by atoms with Gasteiger partial charge in [-0.3, -0.25) is 4.79 Å². The Labute approximate surface area is 217 Å². The van der Waals surface area contributed by atoms with E-state index in [2.05, 4.69) is 20.9 Å². The van der Waals surface area contributed by atoms with Crippen LogP contribution in [0.2, 0.25) is 0 Å². The van der Waals surface area contributed by atoms with Crippen molar-refractivity contribution in [1.82, 2.24) is 9.88 Å². The third kappa shape index (κ3) is 5.11. The summed E-state index contributed by atoms with van der Waals surface area (Å²) in [4.78, 5) is 18.9. The van der Waals surface area contributed by atoms with Crippen molar-refractivity contribution in [2.75, 3.05) is 19.3 Å². The summed E-state index contributed by atoms with van der Waals surface area (Å²) in [5.41, 5.74) is 2.84. The second-order valence-electron chi connectivity index (χ2n) is 9.05. The van der Waals surface area contributed by atoms with E-state index in [0.717, 1.165) is 22.4 Å². The average molecular weight is 573 g/mol. The van der Waals surface area contributed by atoms with E-state index in [1.807, 2.05) is 18.2 Å². The Bertz CT molecular complexity index is 1400. The van der Waals surface area contributed by atoms with Crippen molar-refractivity contribution in [2.45, 2.75) is 30.6 Å². The van der Waals surface area contributed by atoms with Gasteiger partial charge in [0.25, 0.3) is 5.91 Å². The fourth-order valence-corrected chi connectivity index (χ4v) is 5.49. The van der Waals surface area contributed by atoms with Crippen molar-refractivity contribution < 1.29 is 27.8 Å². The van der Waals surface area contributed by atoms with E-state index in [1.54, 1.807) is 35.2 Å². The third-order valence-electron chi connectivity index (χ3n) is 6.58. The van der Waals surface area contributed by atoms with Crippen molar-refractivity contribution >= 4 is 31.7 Å². The van der Waals surface area contributed by atoms with Gasteiger partial charge >= 0.3 is 0 Å². The van der Waals surface area contributed by atoms with E-state index in [-0.39, 0.29) is 28.2 Å². The second kappa shape index (κ2) is 9.84. The van der Waals surface area contributed by atoms with Gasteiger partial charge in [0.15, 0.2) is 15.5 Å². The van der Waals surface area contributed by atoms with E-state index in [9.17, 15) is 18.3 Å². The number of carbonyl (C=O) groups excluding carboxylic acids is 1. The number of aromatic nitrogens is 1. The van der Waals surface area contributed by atoms with Crippen molar-refractivity contribution in [3.8, 4) is 22.6 Å². The highest BCUT2D eigenvalue weighted by molar-refractivity contribution is 9.10.